The van der Waals surface area contributed by atoms with Crippen molar-refractivity contribution in [3.8, 4) is 17.0 Å². The van der Waals surface area contributed by atoms with E-state index in [2.05, 4.69) is 37.7 Å². The zero-order valence-corrected chi connectivity index (χ0v) is 18.9. The van der Waals surface area contributed by atoms with Gasteiger partial charge in [-0.3, -0.25) is 4.79 Å². The fraction of sp³-hybridized carbons (Fsp3) is 0.261. The molecule has 1 fully saturated rings. The molecule has 0 bridgehead atoms. The van der Waals surface area contributed by atoms with E-state index in [0.29, 0.717) is 19.7 Å². The van der Waals surface area contributed by atoms with Gasteiger partial charge in [0.2, 0.25) is 0 Å². The van der Waals surface area contributed by atoms with Gasteiger partial charge in [-0.15, -0.1) is 10.2 Å². The maximum atomic E-state index is 12.8. The zero-order chi connectivity index (χ0) is 20.9. The molecule has 1 aromatic heterocycles. The van der Waals surface area contributed by atoms with E-state index in [1.165, 1.54) is 0 Å². The van der Waals surface area contributed by atoms with E-state index in [0.717, 1.165) is 45.0 Å². The van der Waals surface area contributed by atoms with Crippen LogP contribution in [0.15, 0.2) is 60.7 Å². The summed E-state index contributed by atoms with van der Waals surface area (Å²) in [5.74, 6) is 1.78. The molecular weight excluding hydrogens is 491 g/mol. The van der Waals surface area contributed by atoms with Crippen molar-refractivity contribution in [1.29, 1.82) is 0 Å². The average Bonchev–Trinajstić information content (AvgIpc) is 2.80. The number of ether oxygens (including phenoxy) is 1. The second-order valence-electron chi connectivity index (χ2n) is 6.99. The molecule has 2 aromatic carbocycles. The second kappa shape index (κ2) is 9.42. The summed E-state index contributed by atoms with van der Waals surface area (Å²) in [5.41, 5.74) is 2.60. The first-order valence-electron chi connectivity index (χ1n) is 10.0. The highest BCUT2D eigenvalue weighted by atomic mass is 127. The molecule has 0 N–H and O–H groups in total. The maximum absolute atomic E-state index is 12.8. The highest BCUT2D eigenvalue weighted by Crippen LogP contribution is 2.22. The summed E-state index contributed by atoms with van der Waals surface area (Å²) in [4.78, 5) is 16.9. The molecule has 0 radical (unpaired) electrons. The van der Waals surface area contributed by atoms with Crippen LogP contribution in [0.25, 0.3) is 11.3 Å². The monoisotopic (exact) mass is 514 g/mol. The molecule has 3 aromatic rings. The molecule has 30 heavy (non-hydrogen) atoms. The van der Waals surface area contributed by atoms with Gasteiger partial charge in [0.1, 0.15) is 5.75 Å². The standard InChI is InChI=1S/C23H23IN4O2/c1-2-30-18-9-7-17(8-10-18)21-11-12-22(26-25-21)27-13-15-28(16-14-27)23(29)19-5-3-4-6-20(19)24/h3-12H,2,13-16H2,1H3. The molecule has 4 rings (SSSR count). The minimum absolute atomic E-state index is 0.0941. The minimum atomic E-state index is 0.0941. The summed E-state index contributed by atoms with van der Waals surface area (Å²) < 4.78 is 6.47. The molecule has 0 spiro atoms. The van der Waals surface area contributed by atoms with Crippen molar-refractivity contribution in [3.63, 3.8) is 0 Å². The quantitative estimate of drug-likeness (QED) is 0.480. The third-order valence-electron chi connectivity index (χ3n) is 5.11. The first kappa shape index (κ1) is 20.6. The largest absolute Gasteiger partial charge is 0.494 e. The number of anilines is 1. The second-order valence-corrected chi connectivity index (χ2v) is 8.16. The molecule has 1 aliphatic heterocycles. The van der Waals surface area contributed by atoms with E-state index in [9.17, 15) is 4.79 Å². The fourth-order valence-corrected chi connectivity index (χ4v) is 4.10. The Morgan fingerprint density at radius 2 is 1.70 bits per heavy atom. The lowest BCUT2D eigenvalue weighted by Gasteiger charge is -2.35. The number of hydrogen-bond acceptors (Lipinski definition) is 5. The predicted molar refractivity (Wildman–Crippen MR) is 126 cm³/mol. The van der Waals surface area contributed by atoms with Gasteiger partial charge in [0.15, 0.2) is 5.82 Å². The van der Waals surface area contributed by atoms with Gasteiger partial charge < -0.3 is 14.5 Å². The van der Waals surface area contributed by atoms with Crippen LogP contribution in [0.2, 0.25) is 0 Å². The van der Waals surface area contributed by atoms with Gasteiger partial charge >= 0.3 is 0 Å². The summed E-state index contributed by atoms with van der Waals surface area (Å²) in [6, 6.07) is 19.6. The molecule has 1 saturated heterocycles. The van der Waals surface area contributed by atoms with Crippen molar-refractivity contribution in [3.05, 3.63) is 69.8 Å². The Balaban J connectivity index is 1.38. The number of amides is 1. The van der Waals surface area contributed by atoms with E-state index in [-0.39, 0.29) is 5.91 Å². The summed E-state index contributed by atoms with van der Waals surface area (Å²) in [6.07, 6.45) is 0. The fourth-order valence-electron chi connectivity index (χ4n) is 3.48. The van der Waals surface area contributed by atoms with Gasteiger partial charge in [-0.1, -0.05) is 12.1 Å². The Hall–Kier alpha value is -2.68. The number of benzene rings is 2. The van der Waals surface area contributed by atoms with E-state index in [1.807, 2.05) is 72.5 Å². The van der Waals surface area contributed by atoms with Crippen LogP contribution in [0.4, 0.5) is 5.82 Å². The Bertz CT molecular complexity index is 1000. The van der Waals surface area contributed by atoms with Crippen LogP contribution in [-0.4, -0.2) is 53.8 Å². The van der Waals surface area contributed by atoms with E-state index < -0.39 is 0 Å². The predicted octanol–water partition coefficient (Wildman–Crippen LogP) is 4.11. The SMILES string of the molecule is CCOc1ccc(-c2ccc(N3CCN(C(=O)c4ccccc4I)CC3)nn2)cc1. The van der Waals surface area contributed by atoms with Crippen LogP contribution in [0.5, 0.6) is 5.75 Å². The molecule has 154 valence electrons. The lowest BCUT2D eigenvalue weighted by molar-refractivity contribution is 0.0745. The van der Waals surface area contributed by atoms with Gasteiger partial charge in [0, 0.05) is 35.3 Å². The number of carbonyl (C=O) groups excluding carboxylic acids is 1. The van der Waals surface area contributed by atoms with Crippen LogP contribution < -0.4 is 9.64 Å². The van der Waals surface area contributed by atoms with Crippen molar-refractivity contribution in [2.24, 2.45) is 0 Å². The molecule has 1 aliphatic rings. The van der Waals surface area contributed by atoms with Gasteiger partial charge in [0.25, 0.3) is 5.91 Å². The number of piperazine rings is 1. The average molecular weight is 514 g/mol. The first-order chi connectivity index (χ1) is 14.7. The molecule has 7 heteroatoms. The van der Waals surface area contributed by atoms with Crippen molar-refractivity contribution >= 4 is 34.3 Å². The number of aromatic nitrogens is 2. The van der Waals surface area contributed by atoms with Gasteiger partial charge in [-0.05, 0) is 78.0 Å². The van der Waals surface area contributed by atoms with Crippen LogP contribution in [0.3, 0.4) is 0 Å². The van der Waals surface area contributed by atoms with Gasteiger partial charge in [-0.25, -0.2) is 0 Å². The molecule has 2 heterocycles. The molecule has 0 aliphatic carbocycles. The first-order valence-corrected chi connectivity index (χ1v) is 11.1. The summed E-state index contributed by atoms with van der Waals surface area (Å²) >= 11 is 2.22. The Morgan fingerprint density at radius 3 is 2.33 bits per heavy atom. The lowest BCUT2D eigenvalue weighted by Crippen LogP contribution is -2.49. The van der Waals surface area contributed by atoms with Crippen molar-refractivity contribution in [2.75, 3.05) is 37.7 Å². The van der Waals surface area contributed by atoms with Crippen molar-refractivity contribution in [2.45, 2.75) is 6.92 Å². The number of carbonyl (C=O) groups is 1. The molecule has 0 saturated carbocycles. The normalized spacial score (nSPS) is 13.9. The van der Waals surface area contributed by atoms with Crippen LogP contribution in [0, 0.1) is 3.57 Å². The van der Waals surface area contributed by atoms with E-state index >= 15 is 0 Å². The molecular formula is C23H23IN4O2. The van der Waals surface area contributed by atoms with Crippen molar-refractivity contribution < 1.29 is 9.53 Å². The number of rotatable bonds is 5. The van der Waals surface area contributed by atoms with E-state index in [1.54, 1.807) is 0 Å². The highest BCUT2D eigenvalue weighted by molar-refractivity contribution is 14.1. The molecule has 6 nitrogen and oxygen atoms in total. The lowest BCUT2D eigenvalue weighted by atomic mass is 10.1. The summed E-state index contributed by atoms with van der Waals surface area (Å²) in [7, 11) is 0. The number of nitrogens with zero attached hydrogens (tertiary/aromatic N) is 4. The number of halogens is 1. The Kier molecular flexibility index (Phi) is 6.47. The third kappa shape index (κ3) is 4.56. The number of hydrogen-bond donors (Lipinski definition) is 0. The zero-order valence-electron chi connectivity index (χ0n) is 16.8. The maximum Gasteiger partial charge on any atom is 0.255 e. The highest BCUT2D eigenvalue weighted by Gasteiger charge is 2.24. The van der Waals surface area contributed by atoms with E-state index in [4.69, 9.17) is 4.74 Å². The molecule has 0 atom stereocenters. The summed E-state index contributed by atoms with van der Waals surface area (Å²) in [5, 5.41) is 8.82. The van der Waals surface area contributed by atoms with Crippen LogP contribution in [0.1, 0.15) is 17.3 Å². The Morgan fingerprint density at radius 1 is 0.967 bits per heavy atom. The van der Waals surface area contributed by atoms with Crippen molar-refractivity contribution in [1.82, 2.24) is 15.1 Å². The Labute approximate surface area is 190 Å². The molecule has 0 unspecified atom stereocenters. The van der Waals surface area contributed by atoms with Gasteiger partial charge in [0.05, 0.1) is 17.9 Å². The smallest absolute Gasteiger partial charge is 0.255 e. The summed E-state index contributed by atoms with van der Waals surface area (Å²) in [6.45, 7) is 5.45. The van der Waals surface area contributed by atoms with Gasteiger partial charge in [-0.2, -0.15) is 0 Å². The third-order valence-corrected chi connectivity index (χ3v) is 6.05. The van der Waals surface area contributed by atoms with Crippen LogP contribution in [-0.2, 0) is 0 Å². The minimum Gasteiger partial charge on any atom is -0.494 e. The molecule has 1 amide bonds. The topological polar surface area (TPSA) is 58.6 Å². The van der Waals surface area contributed by atoms with Crippen LogP contribution >= 0.6 is 22.6 Å².